The van der Waals surface area contributed by atoms with Crippen LogP contribution in [0.5, 0.6) is 0 Å². The number of imidazole rings is 1. The van der Waals surface area contributed by atoms with Gasteiger partial charge in [0, 0.05) is 17.4 Å². The van der Waals surface area contributed by atoms with Crippen molar-refractivity contribution in [1.29, 1.82) is 0 Å². The second kappa shape index (κ2) is 4.22. The van der Waals surface area contributed by atoms with E-state index in [9.17, 15) is 9.18 Å². The fourth-order valence-electron chi connectivity index (χ4n) is 1.89. The average molecular weight is 299 g/mol. The van der Waals surface area contributed by atoms with E-state index in [4.69, 9.17) is 0 Å². The number of hydrogen-bond acceptors (Lipinski definition) is 2. The van der Waals surface area contributed by atoms with Crippen LogP contribution in [0, 0.1) is 5.82 Å². The van der Waals surface area contributed by atoms with Gasteiger partial charge in [-0.2, -0.15) is 0 Å². The molecule has 5 heteroatoms. The van der Waals surface area contributed by atoms with Crippen molar-refractivity contribution in [3.8, 4) is 0 Å². The molecule has 0 N–H and O–H groups in total. The third kappa shape index (κ3) is 1.99. The number of rotatable bonds is 2. The molecule has 0 radical (unpaired) electrons. The Kier molecular flexibility index (Phi) is 3.03. The number of benzene rings is 1. The molecule has 0 spiro atoms. The van der Waals surface area contributed by atoms with E-state index >= 15 is 0 Å². The highest BCUT2D eigenvalue weighted by Gasteiger charge is 2.19. The summed E-state index contributed by atoms with van der Waals surface area (Å²) < 4.78 is 16.1. The van der Waals surface area contributed by atoms with E-state index in [0.29, 0.717) is 15.8 Å². The molecular weight excluding hydrogens is 287 g/mol. The number of ketones is 1. The summed E-state index contributed by atoms with van der Waals surface area (Å²) in [5.41, 5.74) is 0.879. The minimum absolute atomic E-state index is 0.0487. The first-order valence-electron chi connectivity index (χ1n) is 5.29. The quantitative estimate of drug-likeness (QED) is 0.792. The minimum atomic E-state index is -0.420. The van der Waals surface area contributed by atoms with Crippen LogP contribution in [0.25, 0.3) is 11.0 Å². The topological polar surface area (TPSA) is 34.9 Å². The lowest BCUT2D eigenvalue weighted by Gasteiger charge is -2.11. The van der Waals surface area contributed by atoms with Gasteiger partial charge in [-0.1, -0.05) is 15.9 Å². The van der Waals surface area contributed by atoms with Crippen molar-refractivity contribution in [2.45, 2.75) is 26.8 Å². The summed E-state index contributed by atoms with van der Waals surface area (Å²) in [6.07, 6.45) is 0. The van der Waals surface area contributed by atoms with Crippen molar-refractivity contribution in [3.63, 3.8) is 0 Å². The van der Waals surface area contributed by atoms with Gasteiger partial charge in [0.25, 0.3) is 0 Å². The molecule has 0 aliphatic heterocycles. The lowest BCUT2D eigenvalue weighted by atomic mass is 10.2. The van der Waals surface area contributed by atoms with Crippen LogP contribution in [0.3, 0.4) is 0 Å². The van der Waals surface area contributed by atoms with E-state index in [1.54, 1.807) is 10.6 Å². The van der Waals surface area contributed by atoms with Crippen LogP contribution >= 0.6 is 15.9 Å². The third-order valence-electron chi connectivity index (χ3n) is 2.54. The molecule has 2 aromatic rings. The van der Waals surface area contributed by atoms with E-state index in [-0.39, 0.29) is 17.3 Å². The Hall–Kier alpha value is -1.23. The molecule has 0 amide bonds. The maximum Gasteiger partial charge on any atom is 0.195 e. The molecule has 90 valence electrons. The first kappa shape index (κ1) is 12.2. The monoisotopic (exact) mass is 298 g/mol. The Labute approximate surface area is 107 Å². The first-order chi connectivity index (χ1) is 7.91. The van der Waals surface area contributed by atoms with Gasteiger partial charge in [0.2, 0.25) is 0 Å². The lowest BCUT2D eigenvalue weighted by molar-refractivity contribution is 0.0998. The van der Waals surface area contributed by atoms with E-state index in [0.717, 1.165) is 0 Å². The van der Waals surface area contributed by atoms with Crippen LogP contribution < -0.4 is 0 Å². The summed E-state index contributed by atoms with van der Waals surface area (Å²) in [5.74, 6) is -0.284. The highest BCUT2D eigenvalue weighted by Crippen LogP contribution is 2.27. The highest BCUT2D eigenvalue weighted by atomic mass is 79.9. The van der Waals surface area contributed by atoms with Gasteiger partial charge in [0.05, 0.1) is 5.52 Å². The number of carbonyl (C=O) groups excluding carboxylic acids is 1. The van der Waals surface area contributed by atoms with Crippen LogP contribution in [-0.4, -0.2) is 15.3 Å². The predicted molar refractivity (Wildman–Crippen MR) is 67.8 cm³/mol. The van der Waals surface area contributed by atoms with Crippen LogP contribution in [-0.2, 0) is 0 Å². The Balaban J connectivity index is 2.90. The maximum absolute atomic E-state index is 13.8. The number of nitrogens with zero attached hydrogens (tertiary/aromatic N) is 2. The molecule has 3 nitrogen and oxygen atoms in total. The van der Waals surface area contributed by atoms with Crippen molar-refractivity contribution in [2.24, 2.45) is 0 Å². The number of fused-ring (bicyclic) bond motifs is 1. The zero-order valence-corrected chi connectivity index (χ0v) is 11.4. The lowest BCUT2D eigenvalue weighted by Crippen LogP contribution is -2.09. The summed E-state index contributed by atoms with van der Waals surface area (Å²) in [6, 6.07) is 3.18. The molecular formula is C12H12BrFN2O. The van der Waals surface area contributed by atoms with Gasteiger partial charge in [-0.3, -0.25) is 4.79 Å². The Morgan fingerprint density at radius 3 is 2.65 bits per heavy atom. The molecule has 1 aromatic heterocycles. The van der Waals surface area contributed by atoms with Crippen LogP contribution in [0.1, 0.15) is 37.4 Å². The van der Waals surface area contributed by atoms with Gasteiger partial charge >= 0.3 is 0 Å². The van der Waals surface area contributed by atoms with Gasteiger partial charge in [-0.25, -0.2) is 9.37 Å². The highest BCUT2D eigenvalue weighted by molar-refractivity contribution is 9.10. The molecule has 17 heavy (non-hydrogen) atoms. The number of hydrogen-bond donors (Lipinski definition) is 0. The van der Waals surface area contributed by atoms with Crippen LogP contribution in [0.4, 0.5) is 4.39 Å². The van der Waals surface area contributed by atoms with Crippen molar-refractivity contribution < 1.29 is 9.18 Å². The number of halogens is 2. The van der Waals surface area contributed by atoms with Gasteiger partial charge in [-0.15, -0.1) is 0 Å². The summed E-state index contributed by atoms with van der Waals surface area (Å²) >= 11 is 3.25. The molecule has 0 fully saturated rings. The minimum Gasteiger partial charge on any atom is -0.319 e. The summed E-state index contributed by atoms with van der Waals surface area (Å²) in [5, 5.41) is 0. The van der Waals surface area contributed by atoms with Crippen LogP contribution in [0.2, 0.25) is 0 Å². The van der Waals surface area contributed by atoms with E-state index < -0.39 is 5.82 Å². The SMILES string of the molecule is CC(=O)c1nc2c(F)cc(Br)cc2n1C(C)C. The molecule has 0 saturated heterocycles. The van der Waals surface area contributed by atoms with Crippen molar-refractivity contribution in [3.05, 3.63) is 28.2 Å². The van der Waals surface area contributed by atoms with E-state index in [2.05, 4.69) is 20.9 Å². The van der Waals surface area contributed by atoms with Crippen molar-refractivity contribution in [1.82, 2.24) is 9.55 Å². The Bertz CT molecular complexity index is 604. The summed E-state index contributed by atoms with van der Waals surface area (Å²) in [4.78, 5) is 15.6. The molecule has 1 heterocycles. The fourth-order valence-corrected chi connectivity index (χ4v) is 2.31. The van der Waals surface area contributed by atoms with E-state index in [1.807, 2.05) is 13.8 Å². The average Bonchev–Trinajstić information content (AvgIpc) is 2.56. The third-order valence-corrected chi connectivity index (χ3v) is 3.00. The molecule has 0 aliphatic carbocycles. The van der Waals surface area contributed by atoms with Crippen molar-refractivity contribution in [2.75, 3.05) is 0 Å². The van der Waals surface area contributed by atoms with Crippen molar-refractivity contribution >= 4 is 32.7 Å². The Morgan fingerprint density at radius 2 is 2.12 bits per heavy atom. The van der Waals surface area contributed by atoms with Gasteiger partial charge in [-0.05, 0) is 26.0 Å². The molecule has 2 rings (SSSR count). The van der Waals surface area contributed by atoms with Crippen LogP contribution in [0.15, 0.2) is 16.6 Å². The standard InChI is InChI=1S/C12H12BrFN2O/c1-6(2)16-10-5-8(13)4-9(14)11(10)15-12(16)7(3)17/h4-6H,1-3H3. The van der Waals surface area contributed by atoms with Gasteiger partial charge in [0.15, 0.2) is 17.4 Å². The zero-order valence-electron chi connectivity index (χ0n) is 9.79. The maximum atomic E-state index is 13.8. The fraction of sp³-hybridized carbons (Fsp3) is 0.333. The number of Topliss-reactive ketones (excluding diaryl/α,β-unsaturated/α-hetero) is 1. The Morgan fingerprint density at radius 1 is 1.47 bits per heavy atom. The normalized spacial score (nSPS) is 11.4. The van der Waals surface area contributed by atoms with Gasteiger partial charge in [0.1, 0.15) is 5.52 Å². The molecule has 0 atom stereocenters. The molecule has 0 saturated carbocycles. The molecule has 0 unspecified atom stereocenters. The number of carbonyl (C=O) groups is 1. The molecule has 1 aromatic carbocycles. The zero-order chi connectivity index (χ0) is 12.7. The predicted octanol–water partition coefficient (Wildman–Crippen LogP) is 3.72. The van der Waals surface area contributed by atoms with Gasteiger partial charge < -0.3 is 4.57 Å². The number of aromatic nitrogens is 2. The smallest absolute Gasteiger partial charge is 0.195 e. The largest absolute Gasteiger partial charge is 0.319 e. The summed E-state index contributed by atoms with van der Waals surface area (Å²) in [6.45, 7) is 5.31. The second-order valence-corrected chi connectivity index (χ2v) is 5.13. The second-order valence-electron chi connectivity index (χ2n) is 4.21. The molecule has 0 aliphatic rings. The first-order valence-corrected chi connectivity index (χ1v) is 6.09. The molecule has 0 bridgehead atoms. The van der Waals surface area contributed by atoms with E-state index in [1.165, 1.54) is 13.0 Å². The summed E-state index contributed by atoms with van der Waals surface area (Å²) in [7, 11) is 0.